The van der Waals surface area contributed by atoms with Crippen molar-refractivity contribution in [2.45, 2.75) is 23.7 Å². The largest absolute Gasteiger partial charge is 0.444 e. The van der Waals surface area contributed by atoms with Crippen LogP contribution in [0.15, 0.2) is 53.4 Å². The third kappa shape index (κ3) is 3.84. The zero-order valence-electron chi connectivity index (χ0n) is 12.5. The van der Waals surface area contributed by atoms with Crippen molar-refractivity contribution in [3.63, 3.8) is 0 Å². The number of rotatable bonds is 3. The second-order valence-electron chi connectivity index (χ2n) is 5.15. The summed E-state index contributed by atoms with van der Waals surface area (Å²) in [5, 5.41) is 5.38. The molecule has 0 aliphatic carbocycles. The van der Waals surface area contributed by atoms with Crippen LogP contribution >= 0.6 is 11.8 Å². The highest BCUT2D eigenvalue weighted by Crippen LogP contribution is 2.36. The van der Waals surface area contributed by atoms with Crippen LogP contribution < -0.4 is 10.6 Å². The van der Waals surface area contributed by atoms with Gasteiger partial charge in [-0.1, -0.05) is 30.3 Å². The van der Waals surface area contributed by atoms with Crippen molar-refractivity contribution in [3.05, 3.63) is 54.1 Å². The summed E-state index contributed by atoms with van der Waals surface area (Å²) in [4.78, 5) is 24.5. The van der Waals surface area contributed by atoms with Crippen molar-refractivity contribution >= 4 is 35.1 Å². The minimum Gasteiger partial charge on any atom is -0.444 e. The number of carbonyl (C=O) groups is 2. The number of hydrogen-bond acceptors (Lipinski definition) is 4. The van der Waals surface area contributed by atoms with Gasteiger partial charge in [0.25, 0.3) is 0 Å². The number of amides is 2. The van der Waals surface area contributed by atoms with E-state index in [4.69, 9.17) is 4.74 Å². The van der Waals surface area contributed by atoms with Gasteiger partial charge in [0.2, 0.25) is 5.91 Å². The number of nitrogens with one attached hydrogen (secondary N) is 2. The highest BCUT2D eigenvalue weighted by Gasteiger charge is 2.23. The summed E-state index contributed by atoms with van der Waals surface area (Å²) >= 11 is 1.50. The first-order valence-electron chi connectivity index (χ1n) is 7.21. The molecule has 1 atom stereocenters. The van der Waals surface area contributed by atoms with Gasteiger partial charge in [0.1, 0.15) is 6.61 Å². The molecule has 0 fully saturated rings. The molecule has 0 saturated heterocycles. The van der Waals surface area contributed by atoms with E-state index in [1.807, 2.05) is 43.3 Å². The summed E-state index contributed by atoms with van der Waals surface area (Å²) < 4.78 is 5.17. The lowest BCUT2D eigenvalue weighted by molar-refractivity contribution is -0.115. The maximum Gasteiger partial charge on any atom is 0.411 e. The van der Waals surface area contributed by atoms with Gasteiger partial charge in [-0.05, 0) is 30.7 Å². The molecule has 5 nitrogen and oxygen atoms in total. The van der Waals surface area contributed by atoms with E-state index in [0.29, 0.717) is 11.4 Å². The molecule has 2 aromatic carbocycles. The Kier molecular flexibility index (Phi) is 4.52. The van der Waals surface area contributed by atoms with E-state index in [-0.39, 0.29) is 17.8 Å². The van der Waals surface area contributed by atoms with Gasteiger partial charge in [0.15, 0.2) is 0 Å². The van der Waals surface area contributed by atoms with E-state index >= 15 is 0 Å². The minimum atomic E-state index is -0.531. The molecule has 0 aromatic heterocycles. The summed E-state index contributed by atoms with van der Waals surface area (Å²) in [5.41, 5.74) is 2.21. The molecule has 23 heavy (non-hydrogen) atoms. The van der Waals surface area contributed by atoms with E-state index in [1.165, 1.54) is 11.8 Å². The number of fused-ring (bicyclic) bond motifs is 1. The molecule has 118 valence electrons. The van der Waals surface area contributed by atoms with Gasteiger partial charge >= 0.3 is 6.09 Å². The molecule has 6 heteroatoms. The molecular weight excluding hydrogens is 312 g/mol. The molecule has 1 unspecified atom stereocenters. The average Bonchev–Trinajstić information content (AvgIpc) is 2.55. The number of benzene rings is 2. The Labute approximate surface area is 138 Å². The fraction of sp³-hybridized carbons (Fsp3) is 0.176. The lowest BCUT2D eigenvalue weighted by atomic mass is 10.2. The van der Waals surface area contributed by atoms with E-state index in [9.17, 15) is 9.59 Å². The predicted molar refractivity (Wildman–Crippen MR) is 90.6 cm³/mol. The van der Waals surface area contributed by atoms with Crippen LogP contribution in [0.3, 0.4) is 0 Å². The van der Waals surface area contributed by atoms with Crippen molar-refractivity contribution in [2.75, 3.05) is 10.6 Å². The summed E-state index contributed by atoms with van der Waals surface area (Å²) in [5.74, 6) is -0.0358. The smallest absolute Gasteiger partial charge is 0.411 e. The molecule has 0 saturated carbocycles. The monoisotopic (exact) mass is 328 g/mol. The number of thioether (sulfide) groups is 1. The first-order chi connectivity index (χ1) is 11.1. The lowest BCUT2D eigenvalue weighted by Gasteiger charge is -2.21. The van der Waals surface area contributed by atoms with Crippen LogP contribution in [0.1, 0.15) is 12.5 Å². The average molecular weight is 328 g/mol. The summed E-state index contributed by atoms with van der Waals surface area (Å²) in [7, 11) is 0. The van der Waals surface area contributed by atoms with Crippen molar-refractivity contribution < 1.29 is 14.3 Å². The van der Waals surface area contributed by atoms with E-state index < -0.39 is 6.09 Å². The Hall–Kier alpha value is -2.47. The zero-order valence-corrected chi connectivity index (χ0v) is 13.4. The molecule has 1 aliphatic rings. The Balaban J connectivity index is 1.61. The Morgan fingerprint density at radius 1 is 1.26 bits per heavy atom. The first-order valence-corrected chi connectivity index (χ1v) is 8.09. The number of ether oxygens (including phenoxy) is 1. The normalized spacial score (nSPS) is 16.2. The van der Waals surface area contributed by atoms with Crippen LogP contribution in [0.25, 0.3) is 0 Å². The predicted octanol–water partition coefficient (Wildman–Crippen LogP) is 3.87. The molecule has 0 bridgehead atoms. The van der Waals surface area contributed by atoms with Crippen molar-refractivity contribution in [3.8, 4) is 0 Å². The SMILES string of the molecule is CC1Sc2ccc(NC(=O)OCc3ccccc3)cc2NC1=O. The molecule has 2 aromatic rings. The van der Waals surface area contributed by atoms with Gasteiger partial charge in [0, 0.05) is 10.6 Å². The summed E-state index contributed by atoms with van der Waals surface area (Å²) in [6.45, 7) is 2.07. The third-order valence-electron chi connectivity index (χ3n) is 3.37. The fourth-order valence-corrected chi connectivity index (χ4v) is 3.09. The van der Waals surface area contributed by atoms with Gasteiger partial charge < -0.3 is 10.1 Å². The molecular formula is C17H16N2O3S. The van der Waals surface area contributed by atoms with Crippen LogP contribution in [-0.4, -0.2) is 17.3 Å². The standard InChI is InChI=1S/C17H16N2O3S/c1-11-16(20)19-14-9-13(7-8-15(14)23-11)18-17(21)22-10-12-5-3-2-4-6-12/h2-9,11H,10H2,1H3,(H,18,21)(H,19,20). The van der Waals surface area contributed by atoms with Crippen molar-refractivity contribution in [1.82, 2.24) is 0 Å². The topological polar surface area (TPSA) is 67.4 Å². The van der Waals surface area contributed by atoms with Crippen LogP contribution in [0.2, 0.25) is 0 Å². The quantitative estimate of drug-likeness (QED) is 0.897. The fourth-order valence-electron chi connectivity index (χ4n) is 2.16. The maximum atomic E-state index is 11.8. The third-order valence-corrected chi connectivity index (χ3v) is 4.55. The first kappa shape index (κ1) is 15.4. The van der Waals surface area contributed by atoms with Crippen LogP contribution in [0, 0.1) is 0 Å². The second-order valence-corrected chi connectivity index (χ2v) is 6.53. The Morgan fingerprint density at radius 2 is 2.04 bits per heavy atom. The van der Waals surface area contributed by atoms with Crippen molar-refractivity contribution in [1.29, 1.82) is 0 Å². The van der Waals surface area contributed by atoms with E-state index in [2.05, 4.69) is 10.6 Å². The van der Waals surface area contributed by atoms with Crippen LogP contribution in [0.5, 0.6) is 0 Å². The summed E-state index contributed by atoms with van der Waals surface area (Å²) in [6, 6.07) is 14.9. The molecule has 1 heterocycles. The zero-order chi connectivity index (χ0) is 16.2. The van der Waals surface area contributed by atoms with Crippen LogP contribution in [-0.2, 0) is 16.1 Å². The van der Waals surface area contributed by atoms with Gasteiger partial charge in [0.05, 0.1) is 10.9 Å². The van der Waals surface area contributed by atoms with E-state index in [1.54, 1.807) is 12.1 Å². The lowest BCUT2D eigenvalue weighted by Crippen LogP contribution is -2.26. The number of anilines is 2. The van der Waals surface area contributed by atoms with Gasteiger partial charge in [-0.25, -0.2) is 4.79 Å². The Morgan fingerprint density at radius 3 is 2.83 bits per heavy atom. The molecule has 2 amide bonds. The van der Waals surface area contributed by atoms with Gasteiger partial charge in [-0.3, -0.25) is 10.1 Å². The van der Waals surface area contributed by atoms with Gasteiger partial charge in [-0.2, -0.15) is 0 Å². The minimum absolute atomic E-state index is 0.0358. The highest BCUT2D eigenvalue weighted by molar-refractivity contribution is 8.00. The number of hydrogen-bond donors (Lipinski definition) is 2. The molecule has 0 radical (unpaired) electrons. The number of carbonyl (C=O) groups excluding carboxylic acids is 2. The molecule has 0 spiro atoms. The van der Waals surface area contributed by atoms with Gasteiger partial charge in [-0.15, -0.1) is 11.8 Å². The Bertz CT molecular complexity index is 734. The maximum absolute atomic E-state index is 11.8. The second kappa shape index (κ2) is 6.75. The van der Waals surface area contributed by atoms with Crippen molar-refractivity contribution in [2.24, 2.45) is 0 Å². The van der Waals surface area contributed by atoms with Crippen LogP contribution in [0.4, 0.5) is 16.2 Å². The highest BCUT2D eigenvalue weighted by atomic mass is 32.2. The van der Waals surface area contributed by atoms with E-state index in [0.717, 1.165) is 10.5 Å². The molecule has 2 N–H and O–H groups in total. The molecule has 3 rings (SSSR count). The molecule has 1 aliphatic heterocycles. The summed E-state index contributed by atoms with van der Waals surface area (Å²) in [6.07, 6.45) is -0.531.